The smallest absolute Gasteiger partial charge is 0.196 e. The summed E-state index contributed by atoms with van der Waals surface area (Å²) in [6, 6.07) is 10.6. The van der Waals surface area contributed by atoms with Gasteiger partial charge in [0.25, 0.3) is 0 Å². The van der Waals surface area contributed by atoms with Crippen LogP contribution in [0.5, 0.6) is 0 Å². The highest BCUT2D eigenvalue weighted by molar-refractivity contribution is 6.31. The third-order valence-corrected chi connectivity index (χ3v) is 4.32. The van der Waals surface area contributed by atoms with Crippen molar-refractivity contribution in [2.45, 2.75) is 0 Å². The number of carbonyl (C=O) groups excluding carboxylic acids is 2. The van der Waals surface area contributed by atoms with E-state index in [1.54, 1.807) is 38.5 Å². The van der Waals surface area contributed by atoms with E-state index in [4.69, 9.17) is 9.47 Å². The summed E-state index contributed by atoms with van der Waals surface area (Å²) in [5.74, 6) is -0.295. The molecule has 1 aliphatic carbocycles. The number of hydrogen-bond donors (Lipinski definition) is 2. The number of benzene rings is 2. The summed E-state index contributed by atoms with van der Waals surface area (Å²) in [4.78, 5) is 26.2. The van der Waals surface area contributed by atoms with Crippen LogP contribution < -0.4 is 10.6 Å². The molecular weight excluding hydrogens is 332 g/mol. The van der Waals surface area contributed by atoms with Gasteiger partial charge in [0.1, 0.15) is 0 Å². The van der Waals surface area contributed by atoms with Crippen LogP contribution in [0.25, 0.3) is 0 Å². The quantitative estimate of drug-likeness (QED) is 0.606. The van der Waals surface area contributed by atoms with Crippen LogP contribution in [0.1, 0.15) is 31.8 Å². The zero-order chi connectivity index (χ0) is 18.5. The van der Waals surface area contributed by atoms with Gasteiger partial charge in [0.15, 0.2) is 11.6 Å². The minimum absolute atomic E-state index is 0.148. The van der Waals surface area contributed by atoms with Crippen LogP contribution in [0.15, 0.2) is 36.4 Å². The standard InChI is InChI=1S/C20H22N2O4/c1-25-11-9-21-15-7-8-16(22-10-12-26-2)18-17(15)19(23)13-5-3-4-6-14(13)20(18)24/h3-8,21-22H,9-12H2,1-2H3. The molecule has 0 saturated carbocycles. The first-order valence-electron chi connectivity index (χ1n) is 8.50. The minimum atomic E-state index is -0.148. The lowest BCUT2D eigenvalue weighted by Crippen LogP contribution is -2.25. The SMILES string of the molecule is COCCNc1ccc(NCCOC)c2c1C(=O)c1ccccc1C2=O. The summed E-state index contributed by atoms with van der Waals surface area (Å²) in [6.45, 7) is 2.09. The molecule has 0 spiro atoms. The Morgan fingerprint density at radius 3 is 1.54 bits per heavy atom. The fourth-order valence-corrected chi connectivity index (χ4v) is 3.09. The van der Waals surface area contributed by atoms with Gasteiger partial charge in [-0.3, -0.25) is 9.59 Å². The van der Waals surface area contributed by atoms with Gasteiger partial charge in [0.2, 0.25) is 0 Å². The summed E-state index contributed by atoms with van der Waals surface area (Å²) >= 11 is 0. The lowest BCUT2D eigenvalue weighted by Gasteiger charge is -2.23. The maximum Gasteiger partial charge on any atom is 0.196 e. The van der Waals surface area contributed by atoms with Gasteiger partial charge in [-0.1, -0.05) is 24.3 Å². The molecule has 6 heteroatoms. The number of hydrogen-bond acceptors (Lipinski definition) is 6. The molecule has 2 N–H and O–H groups in total. The van der Waals surface area contributed by atoms with E-state index in [-0.39, 0.29) is 11.6 Å². The number of ketones is 2. The number of nitrogens with one attached hydrogen (secondary N) is 2. The van der Waals surface area contributed by atoms with Crippen molar-refractivity contribution in [1.29, 1.82) is 0 Å². The second-order valence-corrected chi connectivity index (χ2v) is 5.95. The Hall–Kier alpha value is -2.70. The second-order valence-electron chi connectivity index (χ2n) is 5.95. The van der Waals surface area contributed by atoms with Crippen LogP contribution in [0, 0.1) is 0 Å². The van der Waals surface area contributed by atoms with Gasteiger partial charge in [-0.15, -0.1) is 0 Å². The topological polar surface area (TPSA) is 76.7 Å². The minimum Gasteiger partial charge on any atom is -0.383 e. The van der Waals surface area contributed by atoms with Crippen molar-refractivity contribution in [3.63, 3.8) is 0 Å². The molecule has 0 aromatic heterocycles. The predicted molar refractivity (Wildman–Crippen MR) is 100 cm³/mol. The largest absolute Gasteiger partial charge is 0.383 e. The normalized spacial score (nSPS) is 12.5. The molecule has 0 radical (unpaired) electrons. The number of fused-ring (bicyclic) bond motifs is 2. The van der Waals surface area contributed by atoms with E-state index in [1.165, 1.54) is 0 Å². The molecule has 0 unspecified atom stereocenters. The zero-order valence-electron chi connectivity index (χ0n) is 14.9. The lowest BCUT2D eigenvalue weighted by atomic mass is 9.82. The summed E-state index contributed by atoms with van der Waals surface area (Å²) < 4.78 is 10.1. The van der Waals surface area contributed by atoms with E-state index in [0.717, 1.165) is 0 Å². The Morgan fingerprint density at radius 2 is 1.15 bits per heavy atom. The maximum atomic E-state index is 13.1. The van der Waals surface area contributed by atoms with E-state index in [1.807, 2.05) is 12.1 Å². The van der Waals surface area contributed by atoms with Crippen LogP contribution >= 0.6 is 0 Å². The molecule has 2 aromatic carbocycles. The maximum absolute atomic E-state index is 13.1. The fourth-order valence-electron chi connectivity index (χ4n) is 3.09. The molecule has 2 aromatic rings. The molecular formula is C20H22N2O4. The summed E-state index contributed by atoms with van der Waals surface area (Å²) in [6.07, 6.45) is 0. The average Bonchev–Trinajstić information content (AvgIpc) is 2.67. The Bertz CT molecular complexity index is 765. The Labute approximate surface area is 152 Å². The first kappa shape index (κ1) is 18.1. The molecule has 0 bridgehead atoms. The molecule has 0 heterocycles. The van der Waals surface area contributed by atoms with Gasteiger partial charge in [-0.05, 0) is 12.1 Å². The van der Waals surface area contributed by atoms with Crippen molar-refractivity contribution in [2.75, 3.05) is 51.2 Å². The van der Waals surface area contributed by atoms with E-state index >= 15 is 0 Å². The van der Waals surface area contributed by atoms with Gasteiger partial charge >= 0.3 is 0 Å². The third-order valence-electron chi connectivity index (χ3n) is 4.32. The predicted octanol–water partition coefficient (Wildman–Crippen LogP) is 2.58. The number of anilines is 2. The summed E-state index contributed by atoms with van der Waals surface area (Å²) in [5.41, 5.74) is 2.98. The molecule has 136 valence electrons. The van der Waals surface area contributed by atoms with Crippen LogP contribution in [0.3, 0.4) is 0 Å². The monoisotopic (exact) mass is 354 g/mol. The zero-order valence-corrected chi connectivity index (χ0v) is 14.9. The lowest BCUT2D eigenvalue weighted by molar-refractivity contribution is 0.0980. The van der Waals surface area contributed by atoms with Gasteiger partial charge < -0.3 is 20.1 Å². The fraction of sp³-hybridized carbons (Fsp3) is 0.300. The molecule has 0 fully saturated rings. The van der Waals surface area contributed by atoms with Crippen LogP contribution in [0.2, 0.25) is 0 Å². The molecule has 0 aliphatic heterocycles. The summed E-state index contributed by atoms with van der Waals surface area (Å²) in [5, 5.41) is 6.40. The molecule has 6 nitrogen and oxygen atoms in total. The Kier molecular flexibility index (Phi) is 5.65. The van der Waals surface area contributed by atoms with Crippen molar-refractivity contribution >= 4 is 22.9 Å². The van der Waals surface area contributed by atoms with Gasteiger partial charge in [0, 0.05) is 49.8 Å². The highest BCUT2D eigenvalue weighted by atomic mass is 16.5. The first-order chi connectivity index (χ1) is 12.7. The van der Waals surface area contributed by atoms with Crippen LogP contribution in [0.4, 0.5) is 11.4 Å². The van der Waals surface area contributed by atoms with E-state index in [0.29, 0.717) is 59.9 Å². The number of carbonyl (C=O) groups is 2. The van der Waals surface area contributed by atoms with Crippen LogP contribution in [-0.2, 0) is 9.47 Å². The van der Waals surface area contributed by atoms with Crippen molar-refractivity contribution < 1.29 is 19.1 Å². The first-order valence-corrected chi connectivity index (χ1v) is 8.50. The molecule has 0 saturated heterocycles. The number of ether oxygens (including phenoxy) is 2. The molecule has 0 atom stereocenters. The van der Waals surface area contributed by atoms with Gasteiger partial charge in [-0.2, -0.15) is 0 Å². The highest BCUT2D eigenvalue weighted by Gasteiger charge is 2.33. The molecule has 0 amide bonds. The van der Waals surface area contributed by atoms with E-state index in [2.05, 4.69) is 10.6 Å². The highest BCUT2D eigenvalue weighted by Crippen LogP contribution is 2.36. The van der Waals surface area contributed by atoms with Crippen molar-refractivity contribution in [3.8, 4) is 0 Å². The molecule has 3 rings (SSSR count). The second kappa shape index (κ2) is 8.12. The van der Waals surface area contributed by atoms with Crippen molar-refractivity contribution in [3.05, 3.63) is 58.7 Å². The van der Waals surface area contributed by atoms with Crippen molar-refractivity contribution in [1.82, 2.24) is 0 Å². The molecule has 26 heavy (non-hydrogen) atoms. The van der Waals surface area contributed by atoms with Gasteiger partial charge in [0.05, 0.1) is 24.3 Å². The van der Waals surface area contributed by atoms with Crippen molar-refractivity contribution in [2.24, 2.45) is 0 Å². The summed E-state index contributed by atoms with van der Waals surface area (Å²) in [7, 11) is 3.23. The number of rotatable bonds is 8. The number of methoxy groups -OCH3 is 2. The Balaban J connectivity index is 2.07. The average molecular weight is 354 g/mol. The van der Waals surface area contributed by atoms with E-state index in [9.17, 15) is 9.59 Å². The Morgan fingerprint density at radius 1 is 0.731 bits per heavy atom. The molecule has 1 aliphatic rings. The van der Waals surface area contributed by atoms with E-state index < -0.39 is 0 Å². The van der Waals surface area contributed by atoms with Gasteiger partial charge in [-0.25, -0.2) is 0 Å². The third kappa shape index (κ3) is 3.34. The van der Waals surface area contributed by atoms with Crippen LogP contribution in [-0.4, -0.2) is 52.1 Å².